The standard InChI is InChI=1S/C23H34N4O2S/c1-13-19(14(2)26-22(25-13)30-12-20(24)28)4-5-21(29)27-15(3)23-9-16-6-17(10-23)8-18(7-16)11-23/h15-18H,4-12H2,1-3H3,(H2,24,28)(H,27,29)/t15-,16?,17?,18?,23?/m0/s1. The third-order valence-corrected chi connectivity index (χ3v) is 8.60. The van der Waals surface area contributed by atoms with Gasteiger partial charge in [-0.2, -0.15) is 0 Å². The second kappa shape index (κ2) is 8.48. The molecule has 4 saturated carbocycles. The van der Waals surface area contributed by atoms with Crippen LogP contribution in [0.1, 0.15) is 68.8 Å². The molecule has 4 fully saturated rings. The maximum absolute atomic E-state index is 12.8. The van der Waals surface area contributed by atoms with Crippen molar-refractivity contribution in [3.8, 4) is 0 Å². The highest BCUT2D eigenvalue weighted by Gasteiger charge is 2.53. The molecule has 3 N–H and O–H groups in total. The Labute approximate surface area is 183 Å². The van der Waals surface area contributed by atoms with Crippen molar-refractivity contribution in [2.75, 3.05) is 5.75 Å². The third kappa shape index (κ3) is 4.51. The molecule has 4 aliphatic rings. The fourth-order valence-corrected chi connectivity index (χ4v) is 7.36. The van der Waals surface area contributed by atoms with Gasteiger partial charge in [-0.3, -0.25) is 9.59 Å². The summed E-state index contributed by atoms with van der Waals surface area (Å²) < 4.78 is 0. The van der Waals surface area contributed by atoms with E-state index in [2.05, 4.69) is 22.2 Å². The van der Waals surface area contributed by atoms with E-state index in [0.29, 0.717) is 23.4 Å². The van der Waals surface area contributed by atoms with Gasteiger partial charge in [0, 0.05) is 23.9 Å². The summed E-state index contributed by atoms with van der Waals surface area (Å²) in [4.78, 5) is 32.7. The first kappa shape index (κ1) is 21.6. The largest absolute Gasteiger partial charge is 0.369 e. The maximum atomic E-state index is 12.8. The molecule has 1 aromatic rings. The zero-order chi connectivity index (χ0) is 21.5. The Morgan fingerprint density at radius 2 is 1.63 bits per heavy atom. The smallest absolute Gasteiger partial charge is 0.227 e. The van der Waals surface area contributed by atoms with Gasteiger partial charge in [0.15, 0.2) is 5.16 Å². The van der Waals surface area contributed by atoms with Crippen molar-refractivity contribution in [1.82, 2.24) is 15.3 Å². The number of thioether (sulfide) groups is 1. The summed E-state index contributed by atoms with van der Waals surface area (Å²) in [6.07, 6.45) is 9.27. The van der Waals surface area contributed by atoms with E-state index in [1.807, 2.05) is 13.8 Å². The van der Waals surface area contributed by atoms with Crippen molar-refractivity contribution in [2.24, 2.45) is 28.9 Å². The number of hydrogen-bond donors (Lipinski definition) is 2. The Morgan fingerprint density at radius 3 is 2.13 bits per heavy atom. The van der Waals surface area contributed by atoms with Crippen molar-refractivity contribution >= 4 is 23.6 Å². The monoisotopic (exact) mass is 430 g/mol. The van der Waals surface area contributed by atoms with Gasteiger partial charge < -0.3 is 11.1 Å². The Morgan fingerprint density at radius 1 is 1.10 bits per heavy atom. The van der Waals surface area contributed by atoms with E-state index in [9.17, 15) is 9.59 Å². The molecule has 164 valence electrons. The minimum atomic E-state index is -0.382. The van der Waals surface area contributed by atoms with Crippen LogP contribution in [0.2, 0.25) is 0 Å². The van der Waals surface area contributed by atoms with Crippen LogP contribution in [0.4, 0.5) is 0 Å². The minimum absolute atomic E-state index is 0.129. The average Bonchev–Trinajstić information content (AvgIpc) is 2.64. The lowest BCUT2D eigenvalue weighted by molar-refractivity contribution is -0.125. The number of carbonyl (C=O) groups excluding carboxylic acids is 2. The normalized spacial score (nSPS) is 30.3. The molecule has 1 aromatic heterocycles. The quantitative estimate of drug-likeness (QED) is 0.487. The Bertz CT molecular complexity index is 782. The Kier molecular flexibility index (Phi) is 6.11. The summed E-state index contributed by atoms with van der Waals surface area (Å²) in [6, 6.07) is 0.254. The van der Waals surface area contributed by atoms with Crippen molar-refractivity contribution < 1.29 is 9.59 Å². The van der Waals surface area contributed by atoms with Crippen LogP contribution in [-0.4, -0.2) is 33.6 Å². The molecule has 6 nitrogen and oxygen atoms in total. The first-order valence-electron chi connectivity index (χ1n) is 11.3. The molecular weight excluding hydrogens is 396 g/mol. The van der Waals surface area contributed by atoms with E-state index < -0.39 is 0 Å². The highest BCUT2D eigenvalue weighted by Crippen LogP contribution is 2.61. The predicted octanol–water partition coefficient (Wildman–Crippen LogP) is 3.32. The fourth-order valence-electron chi connectivity index (χ4n) is 6.68. The predicted molar refractivity (Wildman–Crippen MR) is 118 cm³/mol. The zero-order valence-electron chi connectivity index (χ0n) is 18.4. The van der Waals surface area contributed by atoms with Crippen LogP contribution < -0.4 is 11.1 Å². The molecule has 0 unspecified atom stereocenters. The molecule has 4 bridgehead atoms. The molecule has 4 aliphatic carbocycles. The van der Waals surface area contributed by atoms with Gasteiger partial charge in [-0.25, -0.2) is 9.97 Å². The molecule has 7 heteroatoms. The van der Waals surface area contributed by atoms with E-state index in [-0.39, 0.29) is 23.6 Å². The van der Waals surface area contributed by atoms with Crippen LogP contribution in [0.5, 0.6) is 0 Å². The van der Waals surface area contributed by atoms with Gasteiger partial charge in [-0.15, -0.1) is 0 Å². The molecule has 2 amide bonds. The van der Waals surface area contributed by atoms with E-state index in [1.165, 1.54) is 50.3 Å². The van der Waals surface area contributed by atoms with E-state index in [0.717, 1.165) is 34.7 Å². The Hall–Kier alpha value is -1.63. The van der Waals surface area contributed by atoms with Crippen molar-refractivity contribution in [1.29, 1.82) is 0 Å². The summed E-state index contributed by atoms with van der Waals surface area (Å²) in [6.45, 7) is 6.11. The van der Waals surface area contributed by atoms with Gasteiger partial charge in [0.1, 0.15) is 0 Å². The van der Waals surface area contributed by atoms with E-state index >= 15 is 0 Å². The number of aromatic nitrogens is 2. The van der Waals surface area contributed by atoms with E-state index in [1.54, 1.807) is 0 Å². The van der Waals surface area contributed by atoms with Gasteiger partial charge in [-0.05, 0) is 94.4 Å². The molecule has 30 heavy (non-hydrogen) atoms. The summed E-state index contributed by atoms with van der Waals surface area (Å²) in [5, 5.41) is 3.92. The topological polar surface area (TPSA) is 98.0 Å². The van der Waals surface area contributed by atoms with E-state index in [4.69, 9.17) is 5.73 Å². The van der Waals surface area contributed by atoms with Crippen LogP contribution >= 0.6 is 11.8 Å². The van der Waals surface area contributed by atoms with Gasteiger partial charge in [0.05, 0.1) is 5.75 Å². The minimum Gasteiger partial charge on any atom is -0.369 e. The molecule has 1 atom stereocenters. The SMILES string of the molecule is Cc1nc(SCC(N)=O)nc(C)c1CCC(=O)N[C@@H](C)C12CC3CC(CC(C3)C1)C2. The van der Waals surface area contributed by atoms with Gasteiger partial charge >= 0.3 is 0 Å². The number of rotatable bonds is 8. The number of nitrogens with one attached hydrogen (secondary N) is 1. The number of nitrogens with two attached hydrogens (primary N) is 1. The van der Waals surface area contributed by atoms with Crippen LogP contribution in [0.25, 0.3) is 0 Å². The average molecular weight is 431 g/mol. The van der Waals surface area contributed by atoms with Crippen LogP contribution in [0, 0.1) is 37.0 Å². The lowest BCUT2D eigenvalue weighted by atomic mass is 9.48. The van der Waals surface area contributed by atoms with Crippen LogP contribution in [-0.2, 0) is 16.0 Å². The van der Waals surface area contributed by atoms with Gasteiger partial charge in [-0.1, -0.05) is 11.8 Å². The lowest BCUT2D eigenvalue weighted by Gasteiger charge is -2.59. The number of hydrogen-bond acceptors (Lipinski definition) is 5. The number of primary amides is 1. The molecule has 0 aromatic carbocycles. The van der Waals surface area contributed by atoms with Crippen molar-refractivity contribution in [3.05, 3.63) is 17.0 Å². The number of carbonyl (C=O) groups is 2. The molecule has 0 saturated heterocycles. The first-order valence-corrected chi connectivity index (χ1v) is 12.3. The van der Waals surface area contributed by atoms with Crippen LogP contribution in [0.3, 0.4) is 0 Å². The van der Waals surface area contributed by atoms with Gasteiger partial charge in [0.2, 0.25) is 11.8 Å². The number of nitrogens with zero attached hydrogens (tertiary/aromatic N) is 2. The number of amides is 2. The third-order valence-electron chi connectivity index (χ3n) is 7.73. The first-order chi connectivity index (χ1) is 14.2. The summed E-state index contributed by atoms with van der Waals surface area (Å²) in [5.41, 5.74) is 8.30. The molecule has 0 spiro atoms. The molecule has 1 heterocycles. The summed E-state index contributed by atoms with van der Waals surface area (Å²) in [7, 11) is 0. The lowest BCUT2D eigenvalue weighted by Crippen LogP contribution is -2.55. The molecule has 5 rings (SSSR count). The molecule has 0 aliphatic heterocycles. The zero-order valence-corrected chi connectivity index (χ0v) is 19.2. The molecular formula is C23H34N4O2S. The summed E-state index contributed by atoms with van der Waals surface area (Å²) >= 11 is 1.25. The maximum Gasteiger partial charge on any atom is 0.227 e. The van der Waals surface area contributed by atoms with Crippen LogP contribution in [0.15, 0.2) is 5.16 Å². The fraction of sp³-hybridized carbons (Fsp3) is 0.739. The number of aryl methyl sites for hydroxylation is 2. The molecule has 0 radical (unpaired) electrons. The second-order valence-electron chi connectivity index (χ2n) is 9.98. The van der Waals surface area contributed by atoms with Crippen molar-refractivity contribution in [3.63, 3.8) is 0 Å². The highest BCUT2D eigenvalue weighted by molar-refractivity contribution is 7.99. The highest BCUT2D eigenvalue weighted by atomic mass is 32.2. The second-order valence-corrected chi connectivity index (χ2v) is 10.9. The van der Waals surface area contributed by atoms with Crippen molar-refractivity contribution in [2.45, 2.75) is 83.3 Å². The summed E-state index contributed by atoms with van der Waals surface area (Å²) in [5.74, 6) is 2.59. The Balaban J connectivity index is 1.33. The van der Waals surface area contributed by atoms with Gasteiger partial charge in [0.25, 0.3) is 0 Å².